The number of methoxy groups -OCH3 is 1. The summed E-state index contributed by atoms with van der Waals surface area (Å²) in [6.45, 7) is 4.83. The maximum absolute atomic E-state index is 13.7. The lowest BCUT2D eigenvalue weighted by Crippen LogP contribution is -2.41. The summed E-state index contributed by atoms with van der Waals surface area (Å²) < 4.78 is 37.9. The molecule has 7 nitrogen and oxygen atoms in total. The summed E-state index contributed by atoms with van der Waals surface area (Å²) in [5.74, 6) is -3.26. The van der Waals surface area contributed by atoms with Crippen LogP contribution in [-0.2, 0) is 9.53 Å². The number of carbonyl (C=O) groups excluding carboxylic acids is 2. The topological polar surface area (TPSA) is 97.8 Å². The first-order valence-corrected chi connectivity index (χ1v) is 10.9. The first-order valence-electron chi connectivity index (χ1n) is 10.9. The predicted octanol–water partition coefficient (Wildman–Crippen LogP) is 4.26. The fourth-order valence-electron chi connectivity index (χ4n) is 3.81. The molecule has 0 saturated heterocycles. The quantitative estimate of drug-likeness (QED) is 0.464. The number of hydrogen-bond acceptors (Lipinski definition) is 6. The van der Waals surface area contributed by atoms with Gasteiger partial charge in [0.25, 0.3) is 5.91 Å². The fourth-order valence-corrected chi connectivity index (χ4v) is 3.81. The molecule has 0 bridgehead atoms. The van der Waals surface area contributed by atoms with Crippen molar-refractivity contribution in [1.29, 1.82) is 0 Å². The van der Waals surface area contributed by atoms with E-state index in [4.69, 9.17) is 9.47 Å². The van der Waals surface area contributed by atoms with Gasteiger partial charge in [0.1, 0.15) is 23.8 Å². The van der Waals surface area contributed by atoms with E-state index in [0.717, 1.165) is 0 Å². The normalized spacial score (nSPS) is 13.4. The summed E-state index contributed by atoms with van der Waals surface area (Å²) in [5.41, 5.74) is 1.72. The number of nitrogens with zero attached hydrogens (tertiary/aromatic N) is 1. The molecule has 0 saturated carbocycles. The zero-order chi connectivity index (χ0) is 25.7. The highest BCUT2D eigenvalue weighted by Gasteiger charge is 2.29. The molecule has 1 amide bonds. The van der Waals surface area contributed by atoms with Crippen LogP contribution in [0.3, 0.4) is 0 Å². The van der Waals surface area contributed by atoms with E-state index in [-0.39, 0.29) is 11.4 Å². The van der Waals surface area contributed by atoms with E-state index < -0.39 is 47.3 Å². The van der Waals surface area contributed by atoms with Gasteiger partial charge in [-0.2, -0.15) is 0 Å². The van der Waals surface area contributed by atoms with Crippen LogP contribution in [0.4, 0.5) is 8.78 Å². The van der Waals surface area contributed by atoms with Crippen molar-refractivity contribution in [1.82, 2.24) is 10.3 Å². The van der Waals surface area contributed by atoms with Gasteiger partial charge >= 0.3 is 5.97 Å². The molecule has 0 spiro atoms. The van der Waals surface area contributed by atoms with Gasteiger partial charge in [0, 0.05) is 18.2 Å². The number of carbonyl (C=O) groups is 2. The van der Waals surface area contributed by atoms with Crippen molar-refractivity contribution >= 4 is 11.9 Å². The number of hydrogen-bond donors (Lipinski definition) is 2. The van der Waals surface area contributed by atoms with Crippen LogP contribution < -0.4 is 10.1 Å². The molecular weight excluding hydrogens is 458 g/mol. The summed E-state index contributed by atoms with van der Waals surface area (Å²) in [6.07, 6.45) is 0.538. The van der Waals surface area contributed by atoms with Gasteiger partial charge in [-0.15, -0.1) is 0 Å². The average Bonchev–Trinajstić information content (AvgIpc) is 2.81. The molecule has 35 heavy (non-hydrogen) atoms. The molecule has 0 unspecified atom stereocenters. The third-order valence-corrected chi connectivity index (χ3v) is 5.59. The summed E-state index contributed by atoms with van der Waals surface area (Å²) in [7, 11) is 1.33. The van der Waals surface area contributed by atoms with E-state index >= 15 is 0 Å². The molecule has 1 aromatic heterocycles. The SMILES string of the molecule is COc1ccnc(C(=O)N[C@@H](C)C(=O)O[C@@H](C)[C@H](c2ccc(F)cc2)c2ccc(F)cc2C)c1O. The minimum atomic E-state index is -1.08. The number of aryl methyl sites for hydroxylation is 1. The van der Waals surface area contributed by atoms with Crippen LogP contribution in [0.25, 0.3) is 0 Å². The molecule has 9 heteroatoms. The smallest absolute Gasteiger partial charge is 0.328 e. The lowest BCUT2D eigenvalue weighted by atomic mass is 9.84. The third kappa shape index (κ3) is 5.92. The lowest BCUT2D eigenvalue weighted by molar-refractivity contribution is -0.150. The van der Waals surface area contributed by atoms with Crippen molar-refractivity contribution < 1.29 is 33.0 Å². The van der Waals surface area contributed by atoms with Crippen LogP contribution in [0.5, 0.6) is 11.5 Å². The Labute approximate surface area is 201 Å². The maximum atomic E-state index is 13.7. The number of rotatable bonds is 8. The molecule has 2 aromatic carbocycles. The number of amides is 1. The number of benzene rings is 2. The van der Waals surface area contributed by atoms with Crippen LogP contribution >= 0.6 is 0 Å². The van der Waals surface area contributed by atoms with Crippen LogP contribution in [0, 0.1) is 18.6 Å². The molecular formula is C26H26F2N2O5. The first-order chi connectivity index (χ1) is 16.6. The van der Waals surface area contributed by atoms with E-state index in [1.54, 1.807) is 32.0 Å². The van der Waals surface area contributed by atoms with Crippen molar-refractivity contribution in [3.8, 4) is 11.5 Å². The molecule has 0 aliphatic heterocycles. The molecule has 2 N–H and O–H groups in total. The van der Waals surface area contributed by atoms with Crippen molar-refractivity contribution in [3.05, 3.63) is 88.7 Å². The van der Waals surface area contributed by atoms with Gasteiger partial charge in [-0.25, -0.2) is 18.6 Å². The Morgan fingerprint density at radius 1 is 1.03 bits per heavy atom. The standard InChI is InChI=1S/C26H26F2N2O5/c1-14-13-19(28)9-10-20(14)22(17-5-7-18(27)8-6-17)16(3)35-26(33)15(2)30-25(32)23-24(31)21(34-4)11-12-29-23/h5-13,15-16,22,31H,1-4H3,(H,30,32)/t15-,16-,22+/m0/s1. The fraction of sp³-hybridized carbons (Fsp3) is 0.269. The van der Waals surface area contributed by atoms with E-state index in [2.05, 4.69) is 10.3 Å². The maximum Gasteiger partial charge on any atom is 0.328 e. The predicted molar refractivity (Wildman–Crippen MR) is 124 cm³/mol. The number of halogens is 2. The monoisotopic (exact) mass is 484 g/mol. The van der Waals surface area contributed by atoms with Crippen LogP contribution in [-0.4, -0.2) is 41.2 Å². The van der Waals surface area contributed by atoms with Gasteiger partial charge in [0.15, 0.2) is 17.2 Å². The summed E-state index contributed by atoms with van der Waals surface area (Å²) >= 11 is 0. The molecule has 3 aromatic rings. The van der Waals surface area contributed by atoms with Gasteiger partial charge in [0.2, 0.25) is 0 Å². The van der Waals surface area contributed by atoms with E-state index in [1.807, 2.05) is 0 Å². The molecule has 3 atom stereocenters. The Bertz CT molecular complexity index is 1220. The van der Waals surface area contributed by atoms with Crippen molar-refractivity contribution in [2.24, 2.45) is 0 Å². The molecule has 3 rings (SSSR count). The van der Waals surface area contributed by atoms with Gasteiger partial charge < -0.3 is 19.9 Å². The minimum Gasteiger partial charge on any atom is -0.503 e. The molecule has 0 radical (unpaired) electrons. The van der Waals surface area contributed by atoms with Crippen molar-refractivity contribution in [3.63, 3.8) is 0 Å². The second kappa shape index (κ2) is 10.9. The Balaban J connectivity index is 1.80. The number of nitrogens with one attached hydrogen (secondary N) is 1. The molecule has 184 valence electrons. The van der Waals surface area contributed by atoms with Crippen LogP contribution in [0.2, 0.25) is 0 Å². The Hall–Kier alpha value is -4.01. The Kier molecular flexibility index (Phi) is 8.01. The van der Waals surface area contributed by atoms with Gasteiger partial charge in [-0.05, 0) is 61.7 Å². The third-order valence-electron chi connectivity index (χ3n) is 5.59. The van der Waals surface area contributed by atoms with Crippen LogP contribution in [0.1, 0.15) is 46.9 Å². The van der Waals surface area contributed by atoms with E-state index in [9.17, 15) is 23.5 Å². The van der Waals surface area contributed by atoms with E-state index in [1.165, 1.54) is 50.6 Å². The highest BCUT2D eigenvalue weighted by molar-refractivity contribution is 5.97. The number of aromatic nitrogens is 1. The highest BCUT2D eigenvalue weighted by Crippen LogP contribution is 2.33. The zero-order valence-corrected chi connectivity index (χ0v) is 19.7. The second-order valence-electron chi connectivity index (χ2n) is 8.08. The lowest BCUT2D eigenvalue weighted by Gasteiger charge is -2.27. The molecule has 0 fully saturated rings. The van der Waals surface area contributed by atoms with Gasteiger partial charge in [-0.1, -0.05) is 18.2 Å². The zero-order valence-electron chi connectivity index (χ0n) is 19.7. The summed E-state index contributed by atoms with van der Waals surface area (Å²) in [5, 5.41) is 12.6. The second-order valence-corrected chi connectivity index (χ2v) is 8.08. The number of aromatic hydroxyl groups is 1. The van der Waals surface area contributed by atoms with Crippen LogP contribution in [0.15, 0.2) is 54.7 Å². The first kappa shape index (κ1) is 25.6. The van der Waals surface area contributed by atoms with Crippen molar-refractivity contribution in [2.75, 3.05) is 7.11 Å². The molecule has 1 heterocycles. The van der Waals surface area contributed by atoms with Gasteiger partial charge in [0.05, 0.1) is 7.11 Å². The number of esters is 1. The number of pyridine rings is 1. The van der Waals surface area contributed by atoms with Crippen molar-refractivity contribution in [2.45, 2.75) is 38.8 Å². The number of ether oxygens (including phenoxy) is 2. The summed E-state index contributed by atoms with van der Waals surface area (Å²) in [6, 6.07) is 10.3. The van der Waals surface area contributed by atoms with E-state index in [0.29, 0.717) is 16.7 Å². The summed E-state index contributed by atoms with van der Waals surface area (Å²) in [4.78, 5) is 29.2. The molecule has 0 aliphatic carbocycles. The minimum absolute atomic E-state index is 0.0609. The largest absolute Gasteiger partial charge is 0.503 e. The van der Waals surface area contributed by atoms with Gasteiger partial charge in [-0.3, -0.25) is 4.79 Å². The Morgan fingerprint density at radius 3 is 2.31 bits per heavy atom. The highest BCUT2D eigenvalue weighted by atomic mass is 19.1. The average molecular weight is 484 g/mol. The Morgan fingerprint density at radius 2 is 1.69 bits per heavy atom. The molecule has 0 aliphatic rings.